The average Bonchev–Trinajstić information content (AvgIpc) is 2.53. The van der Waals surface area contributed by atoms with E-state index in [0.717, 1.165) is 12.1 Å². The summed E-state index contributed by atoms with van der Waals surface area (Å²) in [7, 11) is 0. The number of nitrogens with zero attached hydrogens (tertiary/aromatic N) is 1. The topological polar surface area (TPSA) is 69.6 Å². The Morgan fingerprint density at radius 2 is 1.88 bits per heavy atom. The Kier molecular flexibility index (Phi) is 5.82. The van der Waals surface area contributed by atoms with E-state index in [1.54, 1.807) is 4.90 Å². The van der Waals surface area contributed by atoms with Gasteiger partial charge in [0.05, 0.1) is 11.7 Å². The Morgan fingerprint density at radius 1 is 1.21 bits per heavy atom. The molecule has 0 atom stereocenters. The number of nitrogens with one attached hydrogen (secondary N) is 1. The van der Waals surface area contributed by atoms with Crippen molar-refractivity contribution in [2.24, 2.45) is 0 Å². The molecule has 0 unspecified atom stereocenters. The fourth-order valence-corrected chi connectivity index (χ4v) is 2.49. The molecule has 1 aliphatic heterocycles. The first-order valence-corrected chi connectivity index (χ1v) is 7.68. The van der Waals surface area contributed by atoms with Crippen LogP contribution in [0.2, 0.25) is 0 Å². The fourth-order valence-electron chi connectivity index (χ4n) is 2.49. The maximum absolute atomic E-state index is 12.6. The Morgan fingerprint density at radius 3 is 2.50 bits per heavy atom. The number of alkyl halides is 3. The largest absolute Gasteiger partial charge is 0.416 e. The van der Waals surface area contributed by atoms with Crippen LogP contribution in [0.3, 0.4) is 0 Å². The number of benzene rings is 1. The lowest BCUT2D eigenvalue weighted by atomic mass is 10.1. The first-order valence-electron chi connectivity index (χ1n) is 7.68. The molecule has 2 N–H and O–H groups in total. The molecule has 0 spiro atoms. The van der Waals surface area contributed by atoms with Crippen LogP contribution >= 0.6 is 0 Å². The summed E-state index contributed by atoms with van der Waals surface area (Å²) in [5.41, 5.74) is -0.799. The van der Waals surface area contributed by atoms with Crippen LogP contribution in [0.5, 0.6) is 0 Å². The minimum absolute atomic E-state index is 0.0130. The van der Waals surface area contributed by atoms with Crippen molar-refractivity contribution in [2.45, 2.75) is 38.0 Å². The van der Waals surface area contributed by atoms with Crippen molar-refractivity contribution in [1.82, 2.24) is 4.90 Å². The number of hydrogen-bond donors (Lipinski definition) is 2. The monoisotopic (exact) mass is 344 g/mol. The predicted molar refractivity (Wildman–Crippen MR) is 81.1 cm³/mol. The zero-order chi connectivity index (χ0) is 17.7. The van der Waals surface area contributed by atoms with Crippen molar-refractivity contribution in [1.29, 1.82) is 0 Å². The lowest BCUT2D eigenvalue weighted by molar-refractivity contribution is -0.137. The van der Waals surface area contributed by atoms with Crippen LogP contribution in [-0.2, 0) is 15.8 Å². The van der Waals surface area contributed by atoms with E-state index in [2.05, 4.69) is 5.32 Å². The lowest BCUT2D eigenvalue weighted by Crippen LogP contribution is -2.40. The van der Waals surface area contributed by atoms with Gasteiger partial charge >= 0.3 is 6.18 Å². The zero-order valence-corrected chi connectivity index (χ0v) is 13.0. The Balaban J connectivity index is 1.82. The van der Waals surface area contributed by atoms with Gasteiger partial charge in [0.25, 0.3) is 0 Å². The highest BCUT2D eigenvalue weighted by molar-refractivity contribution is 5.93. The molecular weight excluding hydrogens is 325 g/mol. The van der Waals surface area contributed by atoms with Crippen LogP contribution in [0.1, 0.15) is 31.2 Å². The summed E-state index contributed by atoms with van der Waals surface area (Å²) in [6.45, 7) is 0.907. The molecule has 0 aliphatic carbocycles. The highest BCUT2D eigenvalue weighted by Gasteiger charge is 2.30. The normalized spacial score (nSPS) is 16.1. The zero-order valence-electron chi connectivity index (χ0n) is 13.0. The van der Waals surface area contributed by atoms with Crippen molar-refractivity contribution >= 4 is 17.5 Å². The van der Waals surface area contributed by atoms with Gasteiger partial charge < -0.3 is 15.3 Å². The van der Waals surface area contributed by atoms with Crippen LogP contribution in [0.25, 0.3) is 0 Å². The number of aliphatic hydroxyl groups is 1. The molecule has 0 saturated carbocycles. The van der Waals surface area contributed by atoms with Crippen molar-refractivity contribution in [3.8, 4) is 0 Å². The number of anilines is 1. The number of carbonyl (C=O) groups excluding carboxylic acids is 2. The van der Waals surface area contributed by atoms with Gasteiger partial charge in [-0.1, -0.05) is 6.07 Å². The summed E-state index contributed by atoms with van der Waals surface area (Å²) in [5.74, 6) is -0.708. The van der Waals surface area contributed by atoms with Gasteiger partial charge in [-0.2, -0.15) is 13.2 Å². The van der Waals surface area contributed by atoms with E-state index in [9.17, 15) is 27.9 Å². The molecule has 1 saturated heterocycles. The minimum Gasteiger partial charge on any atom is -0.393 e. The summed E-state index contributed by atoms with van der Waals surface area (Å²) < 4.78 is 37.8. The minimum atomic E-state index is -4.48. The van der Waals surface area contributed by atoms with Gasteiger partial charge in [-0.15, -0.1) is 0 Å². The second-order valence-electron chi connectivity index (χ2n) is 5.74. The molecule has 0 bridgehead atoms. The van der Waals surface area contributed by atoms with Gasteiger partial charge in [-0.25, -0.2) is 0 Å². The summed E-state index contributed by atoms with van der Waals surface area (Å²) in [6, 6.07) is 4.35. The van der Waals surface area contributed by atoms with Crippen LogP contribution < -0.4 is 5.32 Å². The Hall–Kier alpha value is -2.09. The van der Waals surface area contributed by atoms with E-state index in [1.807, 2.05) is 0 Å². The number of amides is 2. The highest BCUT2D eigenvalue weighted by atomic mass is 19.4. The predicted octanol–water partition coefficient (Wildman–Crippen LogP) is 2.41. The van der Waals surface area contributed by atoms with E-state index in [1.165, 1.54) is 12.1 Å². The van der Waals surface area contributed by atoms with Crippen molar-refractivity contribution in [2.75, 3.05) is 18.4 Å². The second kappa shape index (κ2) is 7.65. The van der Waals surface area contributed by atoms with Crippen LogP contribution in [0.4, 0.5) is 18.9 Å². The number of halogens is 3. The van der Waals surface area contributed by atoms with Gasteiger partial charge in [0, 0.05) is 31.6 Å². The fraction of sp³-hybridized carbons (Fsp3) is 0.500. The Labute approximate surface area is 137 Å². The van der Waals surface area contributed by atoms with Crippen LogP contribution in [-0.4, -0.2) is 41.0 Å². The van der Waals surface area contributed by atoms with Crippen LogP contribution in [0, 0.1) is 0 Å². The van der Waals surface area contributed by atoms with E-state index in [-0.39, 0.29) is 24.4 Å². The molecule has 132 valence electrons. The van der Waals surface area contributed by atoms with Gasteiger partial charge in [-0.05, 0) is 31.0 Å². The summed E-state index contributed by atoms with van der Waals surface area (Å²) >= 11 is 0. The summed E-state index contributed by atoms with van der Waals surface area (Å²) in [5, 5.41) is 11.8. The van der Waals surface area contributed by atoms with E-state index >= 15 is 0 Å². The molecule has 0 aromatic heterocycles. The number of likely N-dealkylation sites (tertiary alicyclic amines) is 1. The molecule has 1 aromatic rings. The third-order valence-corrected chi connectivity index (χ3v) is 3.86. The van der Waals surface area contributed by atoms with Crippen molar-refractivity contribution < 1.29 is 27.9 Å². The molecular formula is C16H19F3N2O3. The molecule has 1 fully saturated rings. The second-order valence-corrected chi connectivity index (χ2v) is 5.74. The van der Waals surface area contributed by atoms with E-state index in [0.29, 0.717) is 25.9 Å². The standard InChI is InChI=1S/C16H19F3N2O3/c17-16(18,19)11-2-1-3-12(10-11)20-14(23)4-5-15(24)21-8-6-13(22)7-9-21/h1-3,10,13,22H,4-9H2,(H,20,23). The maximum atomic E-state index is 12.6. The SMILES string of the molecule is O=C(CCC(=O)N1CCC(O)CC1)Nc1cccc(C(F)(F)F)c1. The van der Waals surface area contributed by atoms with Gasteiger partial charge in [0.1, 0.15) is 0 Å². The first kappa shape index (κ1) is 18.3. The van der Waals surface area contributed by atoms with Gasteiger partial charge in [0.15, 0.2) is 0 Å². The van der Waals surface area contributed by atoms with Crippen molar-refractivity contribution in [3.05, 3.63) is 29.8 Å². The molecule has 24 heavy (non-hydrogen) atoms. The third kappa shape index (κ3) is 5.23. The third-order valence-electron chi connectivity index (χ3n) is 3.86. The molecule has 0 radical (unpaired) electrons. The summed E-state index contributed by atoms with van der Waals surface area (Å²) in [4.78, 5) is 25.4. The van der Waals surface area contributed by atoms with Crippen molar-refractivity contribution in [3.63, 3.8) is 0 Å². The van der Waals surface area contributed by atoms with Gasteiger partial charge in [-0.3, -0.25) is 9.59 Å². The molecule has 1 heterocycles. The molecule has 2 amide bonds. The average molecular weight is 344 g/mol. The maximum Gasteiger partial charge on any atom is 0.416 e. The molecule has 2 rings (SSSR count). The number of rotatable bonds is 4. The van der Waals surface area contributed by atoms with E-state index < -0.39 is 23.8 Å². The number of carbonyl (C=O) groups is 2. The molecule has 1 aromatic carbocycles. The quantitative estimate of drug-likeness (QED) is 0.881. The smallest absolute Gasteiger partial charge is 0.393 e. The molecule has 1 aliphatic rings. The Bertz CT molecular complexity index is 596. The first-order chi connectivity index (χ1) is 11.3. The highest BCUT2D eigenvalue weighted by Crippen LogP contribution is 2.30. The summed E-state index contributed by atoms with van der Waals surface area (Å²) in [6.07, 6.45) is -3.95. The molecule has 8 heteroatoms. The number of hydrogen-bond acceptors (Lipinski definition) is 3. The lowest BCUT2D eigenvalue weighted by Gasteiger charge is -2.29. The van der Waals surface area contributed by atoms with Gasteiger partial charge in [0.2, 0.25) is 11.8 Å². The van der Waals surface area contributed by atoms with E-state index in [4.69, 9.17) is 0 Å². The number of piperidine rings is 1. The molecule has 5 nitrogen and oxygen atoms in total. The number of aliphatic hydroxyl groups excluding tert-OH is 1. The van der Waals surface area contributed by atoms with Crippen LogP contribution in [0.15, 0.2) is 24.3 Å².